The first-order chi connectivity index (χ1) is 8.58. The Labute approximate surface area is 134 Å². The molecule has 0 amide bonds. The van der Waals surface area contributed by atoms with Gasteiger partial charge in [0.1, 0.15) is 0 Å². The first-order valence-corrected chi connectivity index (χ1v) is 7.35. The molecule has 4 nitrogen and oxygen atoms in total. The monoisotopic (exact) mass is 380 g/mol. The fourth-order valence-corrected chi connectivity index (χ4v) is 2.80. The molecule has 0 aromatic carbocycles. The van der Waals surface area contributed by atoms with Gasteiger partial charge in [0.15, 0.2) is 5.96 Å². The van der Waals surface area contributed by atoms with Crippen LogP contribution in [0.3, 0.4) is 0 Å². The molecular weight excluding hydrogens is 351 g/mol. The molecule has 2 N–H and O–H groups in total. The maximum atomic E-state index is 4.47. The molecule has 1 atom stereocenters. The van der Waals surface area contributed by atoms with Gasteiger partial charge in [-0.15, -0.1) is 24.0 Å². The van der Waals surface area contributed by atoms with Crippen molar-refractivity contribution < 1.29 is 0 Å². The van der Waals surface area contributed by atoms with Gasteiger partial charge >= 0.3 is 0 Å². The van der Waals surface area contributed by atoms with Gasteiger partial charge in [0.25, 0.3) is 0 Å². The lowest BCUT2D eigenvalue weighted by Gasteiger charge is -2.43. The van der Waals surface area contributed by atoms with E-state index in [0.29, 0.717) is 0 Å². The van der Waals surface area contributed by atoms with Crippen LogP contribution in [-0.4, -0.2) is 49.1 Å². The fraction of sp³-hybridized carbons (Fsp3) is 0.929. The summed E-state index contributed by atoms with van der Waals surface area (Å²) >= 11 is 0. The van der Waals surface area contributed by atoms with Gasteiger partial charge in [-0.25, -0.2) is 0 Å². The standard InChI is InChI=1S/C14H28N4.HI/c1-12-6-4-9-18(10-12)14(2,3)11-17-13-15-7-5-8-16-13;/h12H,4-11H2,1-3H3,(H2,15,16,17);1H. The Bertz CT molecular complexity index is 304. The second-order valence-electron chi connectivity index (χ2n) is 6.37. The van der Waals surface area contributed by atoms with E-state index in [2.05, 4.69) is 41.3 Å². The molecule has 112 valence electrons. The quantitative estimate of drug-likeness (QED) is 0.737. The van der Waals surface area contributed by atoms with E-state index in [-0.39, 0.29) is 29.5 Å². The summed E-state index contributed by atoms with van der Waals surface area (Å²) < 4.78 is 0. The highest BCUT2D eigenvalue weighted by Gasteiger charge is 2.30. The average Bonchev–Trinajstić information content (AvgIpc) is 2.38. The SMILES string of the molecule is CC1CCCN(C(C)(C)CNC2=NCCCN2)C1.I. The van der Waals surface area contributed by atoms with Crippen LogP contribution in [0.15, 0.2) is 4.99 Å². The molecule has 0 aromatic rings. The molecule has 2 rings (SSSR count). The molecule has 19 heavy (non-hydrogen) atoms. The van der Waals surface area contributed by atoms with Crippen LogP contribution in [0.2, 0.25) is 0 Å². The average molecular weight is 380 g/mol. The van der Waals surface area contributed by atoms with Gasteiger partial charge in [-0.05, 0) is 45.6 Å². The van der Waals surface area contributed by atoms with Crippen molar-refractivity contribution in [1.82, 2.24) is 15.5 Å². The van der Waals surface area contributed by atoms with Gasteiger partial charge in [0, 0.05) is 31.7 Å². The van der Waals surface area contributed by atoms with Crippen molar-refractivity contribution in [2.45, 2.75) is 45.6 Å². The maximum Gasteiger partial charge on any atom is 0.191 e. The number of likely N-dealkylation sites (tertiary alicyclic amines) is 1. The Morgan fingerprint density at radius 3 is 2.84 bits per heavy atom. The highest BCUT2D eigenvalue weighted by Crippen LogP contribution is 2.23. The van der Waals surface area contributed by atoms with Gasteiger partial charge in [-0.1, -0.05) is 6.92 Å². The largest absolute Gasteiger partial charge is 0.356 e. The van der Waals surface area contributed by atoms with E-state index < -0.39 is 0 Å². The Balaban J connectivity index is 0.00000180. The van der Waals surface area contributed by atoms with E-state index in [4.69, 9.17) is 0 Å². The smallest absolute Gasteiger partial charge is 0.191 e. The van der Waals surface area contributed by atoms with Crippen molar-refractivity contribution in [3.05, 3.63) is 0 Å². The number of guanidine groups is 1. The molecule has 0 radical (unpaired) electrons. The van der Waals surface area contributed by atoms with Crippen LogP contribution in [0.4, 0.5) is 0 Å². The summed E-state index contributed by atoms with van der Waals surface area (Å²) in [6.07, 6.45) is 3.87. The molecule has 1 saturated heterocycles. The summed E-state index contributed by atoms with van der Waals surface area (Å²) in [4.78, 5) is 7.09. The van der Waals surface area contributed by atoms with Gasteiger partial charge < -0.3 is 10.6 Å². The number of piperidine rings is 1. The Hall–Kier alpha value is -0.0400. The van der Waals surface area contributed by atoms with Gasteiger partial charge in [-0.2, -0.15) is 0 Å². The molecule has 1 fully saturated rings. The lowest BCUT2D eigenvalue weighted by atomic mass is 9.93. The zero-order valence-corrected chi connectivity index (χ0v) is 14.9. The number of nitrogens with one attached hydrogen (secondary N) is 2. The minimum atomic E-state index is 0. The van der Waals surface area contributed by atoms with Crippen molar-refractivity contribution in [3.63, 3.8) is 0 Å². The molecule has 5 heteroatoms. The second kappa shape index (κ2) is 7.67. The fourth-order valence-electron chi connectivity index (χ4n) is 2.80. The molecule has 2 aliphatic heterocycles. The minimum absolute atomic E-state index is 0. The van der Waals surface area contributed by atoms with Crippen LogP contribution in [-0.2, 0) is 0 Å². The predicted molar refractivity (Wildman–Crippen MR) is 92.4 cm³/mol. The zero-order valence-electron chi connectivity index (χ0n) is 12.5. The van der Waals surface area contributed by atoms with Crippen LogP contribution < -0.4 is 10.6 Å². The second-order valence-corrected chi connectivity index (χ2v) is 6.37. The van der Waals surface area contributed by atoms with E-state index in [1.807, 2.05) is 0 Å². The normalized spacial score (nSPS) is 25.0. The topological polar surface area (TPSA) is 39.7 Å². The Morgan fingerprint density at radius 1 is 1.42 bits per heavy atom. The molecule has 0 saturated carbocycles. The van der Waals surface area contributed by atoms with Crippen LogP contribution in [0.1, 0.15) is 40.0 Å². The number of hydrogen-bond donors (Lipinski definition) is 2. The lowest BCUT2D eigenvalue weighted by Crippen LogP contribution is -2.56. The first kappa shape index (κ1) is 17.0. The summed E-state index contributed by atoms with van der Waals surface area (Å²) in [5.41, 5.74) is 0.205. The predicted octanol–water partition coefficient (Wildman–Crippen LogP) is 2.05. The number of halogens is 1. The number of aliphatic imine (C=N–C) groups is 1. The van der Waals surface area contributed by atoms with Gasteiger partial charge in [-0.3, -0.25) is 9.89 Å². The first-order valence-electron chi connectivity index (χ1n) is 7.35. The molecule has 0 spiro atoms. The molecular formula is C14H29IN4. The summed E-state index contributed by atoms with van der Waals surface area (Å²) in [6, 6.07) is 0. The third kappa shape index (κ3) is 5.10. The third-order valence-electron chi connectivity index (χ3n) is 4.10. The molecule has 1 unspecified atom stereocenters. The minimum Gasteiger partial charge on any atom is -0.356 e. The maximum absolute atomic E-state index is 4.47. The summed E-state index contributed by atoms with van der Waals surface area (Å²) in [5, 5.41) is 6.79. The summed E-state index contributed by atoms with van der Waals surface area (Å²) in [5.74, 6) is 1.82. The number of nitrogens with zero attached hydrogens (tertiary/aromatic N) is 2. The molecule has 0 bridgehead atoms. The van der Waals surface area contributed by atoms with E-state index >= 15 is 0 Å². The van der Waals surface area contributed by atoms with E-state index in [9.17, 15) is 0 Å². The summed E-state index contributed by atoms with van der Waals surface area (Å²) in [6.45, 7) is 12.5. The molecule has 2 aliphatic rings. The number of hydrogen-bond acceptors (Lipinski definition) is 4. The third-order valence-corrected chi connectivity index (χ3v) is 4.10. The van der Waals surface area contributed by atoms with E-state index in [1.54, 1.807) is 0 Å². The zero-order chi connectivity index (χ0) is 13.0. The van der Waals surface area contributed by atoms with Crippen molar-refractivity contribution >= 4 is 29.9 Å². The lowest BCUT2D eigenvalue weighted by molar-refractivity contribution is 0.0739. The highest BCUT2D eigenvalue weighted by atomic mass is 127. The van der Waals surface area contributed by atoms with E-state index in [0.717, 1.165) is 37.9 Å². The van der Waals surface area contributed by atoms with Crippen molar-refractivity contribution in [2.75, 3.05) is 32.7 Å². The van der Waals surface area contributed by atoms with Gasteiger partial charge in [0.2, 0.25) is 0 Å². The summed E-state index contributed by atoms with van der Waals surface area (Å²) in [7, 11) is 0. The van der Waals surface area contributed by atoms with E-state index in [1.165, 1.54) is 25.9 Å². The Kier molecular flexibility index (Phi) is 6.86. The Morgan fingerprint density at radius 2 is 2.21 bits per heavy atom. The van der Waals surface area contributed by atoms with Crippen LogP contribution in [0, 0.1) is 5.92 Å². The number of rotatable bonds is 3. The molecule has 2 heterocycles. The van der Waals surface area contributed by atoms with Crippen molar-refractivity contribution in [3.8, 4) is 0 Å². The van der Waals surface area contributed by atoms with Crippen LogP contribution >= 0.6 is 24.0 Å². The highest BCUT2D eigenvalue weighted by molar-refractivity contribution is 14.0. The van der Waals surface area contributed by atoms with Crippen LogP contribution in [0.5, 0.6) is 0 Å². The van der Waals surface area contributed by atoms with Crippen LogP contribution in [0.25, 0.3) is 0 Å². The van der Waals surface area contributed by atoms with Gasteiger partial charge in [0.05, 0.1) is 0 Å². The molecule has 0 aromatic heterocycles. The van der Waals surface area contributed by atoms with Crippen molar-refractivity contribution in [2.24, 2.45) is 10.9 Å². The van der Waals surface area contributed by atoms with Crippen molar-refractivity contribution in [1.29, 1.82) is 0 Å². The molecule has 0 aliphatic carbocycles.